The van der Waals surface area contributed by atoms with Crippen molar-refractivity contribution in [1.82, 2.24) is 5.32 Å². The Morgan fingerprint density at radius 3 is 2.42 bits per heavy atom. The molecule has 4 aromatic rings. The normalized spacial score (nSPS) is 19.4. The average molecular weight is 626 g/mol. The fraction of sp³-hybridized carbons (Fsp3) is 0.270. The summed E-state index contributed by atoms with van der Waals surface area (Å²) >= 11 is 1.72. The van der Waals surface area contributed by atoms with Gasteiger partial charge in [0, 0.05) is 28.7 Å². The molecule has 0 spiro atoms. The van der Waals surface area contributed by atoms with Crippen molar-refractivity contribution in [1.29, 1.82) is 0 Å². The number of aliphatic hydroxyl groups excluding tert-OH is 1. The van der Waals surface area contributed by atoms with Crippen molar-refractivity contribution in [2.45, 2.75) is 43.5 Å². The molecule has 1 saturated heterocycles. The molecule has 0 aliphatic carbocycles. The lowest BCUT2D eigenvalue weighted by Crippen LogP contribution is -2.38. The number of thioether (sulfide) groups is 1. The molecular weight excluding hydrogens is 586 g/mol. The van der Waals surface area contributed by atoms with Crippen LogP contribution in [-0.2, 0) is 27.4 Å². The van der Waals surface area contributed by atoms with Gasteiger partial charge in [-0.1, -0.05) is 98.4 Å². The molecule has 0 aromatic heterocycles. The number of carbonyl (C=O) groups is 1. The zero-order valence-corrected chi connectivity index (χ0v) is 26.4. The molecule has 8 heteroatoms. The summed E-state index contributed by atoms with van der Waals surface area (Å²) in [5, 5.41) is 12.3. The number of alkyl carbamates (subject to hydrolysis) is 1. The molecule has 0 unspecified atom stereocenters. The summed E-state index contributed by atoms with van der Waals surface area (Å²) in [4.78, 5) is 12.9. The van der Waals surface area contributed by atoms with Crippen molar-refractivity contribution < 1.29 is 28.8 Å². The van der Waals surface area contributed by atoms with Crippen LogP contribution >= 0.6 is 11.8 Å². The molecule has 4 aromatic carbocycles. The summed E-state index contributed by atoms with van der Waals surface area (Å²) in [5.74, 6) is 1.65. The van der Waals surface area contributed by atoms with E-state index in [9.17, 15) is 9.90 Å². The van der Waals surface area contributed by atoms with Crippen LogP contribution in [0.15, 0.2) is 115 Å². The summed E-state index contributed by atoms with van der Waals surface area (Å²) in [6, 6.07) is 32.2. The number of nitrogens with one attached hydrogen (secondary N) is 1. The first-order chi connectivity index (χ1) is 22.0. The van der Waals surface area contributed by atoms with Crippen LogP contribution < -0.4 is 10.1 Å². The monoisotopic (exact) mass is 625 g/mol. The largest absolute Gasteiger partial charge is 0.496 e. The standard InChI is InChI=1S/C37H39NO6S/c1-4-20-42-37(40)38-22-27-8-7-9-31(21-27)28-16-18-30(19-17-28)36-43-33(24-45-34-11-6-5-10-32(34)41-3)25(2)35(44-36)29-14-12-26(23-39)13-15-29/h4-19,21,25,33,35-36,39H,1,20,22-24H2,2-3H3,(H,38,40)/t25-,33+,35+,36+/m1/s1. The Hall–Kier alpha value is -4.08. The second kappa shape index (κ2) is 15.8. The molecule has 2 N–H and O–H groups in total. The van der Waals surface area contributed by atoms with Crippen LogP contribution in [0.2, 0.25) is 0 Å². The number of para-hydroxylation sites is 1. The molecule has 1 fully saturated rings. The van der Waals surface area contributed by atoms with E-state index in [0.717, 1.165) is 49.8 Å². The minimum absolute atomic E-state index is 0.000686. The summed E-state index contributed by atoms with van der Waals surface area (Å²) in [7, 11) is 1.69. The van der Waals surface area contributed by atoms with Crippen molar-refractivity contribution in [3.05, 3.63) is 132 Å². The summed E-state index contributed by atoms with van der Waals surface area (Å²) in [6.45, 7) is 6.25. The van der Waals surface area contributed by atoms with E-state index in [2.05, 4.69) is 43.1 Å². The Balaban J connectivity index is 1.33. The first-order valence-electron chi connectivity index (χ1n) is 15.0. The third kappa shape index (κ3) is 8.35. The molecule has 0 saturated carbocycles. The lowest BCUT2D eigenvalue weighted by atomic mass is 9.91. The number of hydrogen-bond acceptors (Lipinski definition) is 7. The maximum Gasteiger partial charge on any atom is 0.407 e. The van der Waals surface area contributed by atoms with Gasteiger partial charge in [0.2, 0.25) is 0 Å². The predicted octanol–water partition coefficient (Wildman–Crippen LogP) is 7.85. The minimum Gasteiger partial charge on any atom is -0.496 e. The lowest BCUT2D eigenvalue weighted by molar-refractivity contribution is -0.268. The van der Waals surface area contributed by atoms with Gasteiger partial charge in [0.25, 0.3) is 0 Å². The SMILES string of the molecule is C=CCOC(=O)NCc1cccc(-c2ccc([C@H]3O[C@@H](CSc4ccccc4OC)[C@@H](C)[C@@H](c4ccc(CO)cc4)O3)cc2)c1. The summed E-state index contributed by atoms with van der Waals surface area (Å²) < 4.78 is 23.9. The van der Waals surface area contributed by atoms with Gasteiger partial charge in [-0.3, -0.25) is 0 Å². The number of aliphatic hydroxyl groups is 1. The summed E-state index contributed by atoms with van der Waals surface area (Å²) in [5.41, 5.74) is 5.88. The maximum absolute atomic E-state index is 11.8. The second-order valence-corrected chi connectivity index (χ2v) is 11.9. The molecule has 0 bridgehead atoms. The van der Waals surface area contributed by atoms with Gasteiger partial charge in [0.15, 0.2) is 6.29 Å². The number of hydrogen-bond donors (Lipinski definition) is 2. The van der Waals surface area contributed by atoms with Crippen LogP contribution in [0.5, 0.6) is 5.75 Å². The molecule has 5 rings (SSSR count). The Bertz CT molecular complexity index is 1560. The highest BCUT2D eigenvalue weighted by Crippen LogP contribution is 2.44. The molecule has 1 aliphatic rings. The highest BCUT2D eigenvalue weighted by Gasteiger charge is 2.38. The molecule has 7 nitrogen and oxygen atoms in total. The molecule has 1 heterocycles. The van der Waals surface area contributed by atoms with Crippen LogP contribution in [-0.4, -0.2) is 36.8 Å². The second-order valence-electron chi connectivity index (χ2n) is 10.8. The smallest absolute Gasteiger partial charge is 0.407 e. The fourth-order valence-electron chi connectivity index (χ4n) is 5.27. The average Bonchev–Trinajstić information content (AvgIpc) is 3.09. The Morgan fingerprint density at radius 1 is 0.933 bits per heavy atom. The van der Waals surface area contributed by atoms with Gasteiger partial charge in [-0.2, -0.15) is 0 Å². The minimum atomic E-state index is -0.557. The van der Waals surface area contributed by atoms with E-state index in [4.69, 9.17) is 18.9 Å². The molecule has 234 valence electrons. The van der Waals surface area contributed by atoms with Crippen molar-refractivity contribution >= 4 is 17.9 Å². The van der Waals surface area contributed by atoms with E-state index in [0.29, 0.717) is 6.54 Å². The number of carbonyl (C=O) groups excluding carboxylic acids is 1. The third-order valence-corrected chi connectivity index (χ3v) is 8.95. The van der Waals surface area contributed by atoms with Gasteiger partial charge in [-0.05, 0) is 46.0 Å². The zero-order chi connectivity index (χ0) is 31.6. The van der Waals surface area contributed by atoms with E-state index < -0.39 is 12.4 Å². The molecule has 45 heavy (non-hydrogen) atoms. The van der Waals surface area contributed by atoms with E-state index in [1.807, 2.05) is 72.8 Å². The zero-order valence-electron chi connectivity index (χ0n) is 25.6. The van der Waals surface area contributed by atoms with Crippen molar-refractivity contribution in [3.63, 3.8) is 0 Å². The number of rotatable bonds is 12. The Labute approximate surface area is 269 Å². The summed E-state index contributed by atoms with van der Waals surface area (Å²) in [6.07, 6.45) is 0.210. The van der Waals surface area contributed by atoms with Gasteiger partial charge in [-0.15, -0.1) is 11.8 Å². The molecule has 0 radical (unpaired) electrons. The first-order valence-corrected chi connectivity index (χ1v) is 15.9. The van der Waals surface area contributed by atoms with Gasteiger partial charge in [-0.25, -0.2) is 4.79 Å². The Kier molecular flexibility index (Phi) is 11.3. The van der Waals surface area contributed by atoms with Crippen LogP contribution in [0.3, 0.4) is 0 Å². The van der Waals surface area contributed by atoms with E-state index in [1.54, 1.807) is 18.9 Å². The van der Waals surface area contributed by atoms with Crippen LogP contribution in [0, 0.1) is 5.92 Å². The predicted molar refractivity (Wildman–Crippen MR) is 177 cm³/mol. The molecule has 1 amide bonds. The van der Waals surface area contributed by atoms with E-state index >= 15 is 0 Å². The topological polar surface area (TPSA) is 86.3 Å². The quantitative estimate of drug-likeness (QED) is 0.123. The van der Waals surface area contributed by atoms with E-state index in [1.165, 1.54) is 6.08 Å². The van der Waals surface area contributed by atoms with Crippen molar-refractivity contribution in [2.75, 3.05) is 19.5 Å². The maximum atomic E-state index is 11.8. The van der Waals surface area contributed by atoms with Gasteiger partial charge in [0.1, 0.15) is 12.4 Å². The van der Waals surface area contributed by atoms with Crippen LogP contribution in [0.1, 0.15) is 41.6 Å². The highest BCUT2D eigenvalue weighted by atomic mass is 32.2. The number of methoxy groups -OCH3 is 1. The highest BCUT2D eigenvalue weighted by molar-refractivity contribution is 7.99. The Morgan fingerprint density at radius 2 is 1.69 bits per heavy atom. The number of amides is 1. The van der Waals surface area contributed by atoms with Gasteiger partial charge in [0.05, 0.1) is 25.9 Å². The van der Waals surface area contributed by atoms with Crippen LogP contribution in [0.25, 0.3) is 11.1 Å². The van der Waals surface area contributed by atoms with Crippen LogP contribution in [0.4, 0.5) is 4.79 Å². The van der Waals surface area contributed by atoms with E-state index in [-0.39, 0.29) is 31.3 Å². The van der Waals surface area contributed by atoms with Crippen molar-refractivity contribution in [2.24, 2.45) is 5.92 Å². The lowest BCUT2D eigenvalue weighted by Gasteiger charge is -2.41. The molecular formula is C37H39NO6S. The fourth-order valence-corrected chi connectivity index (χ4v) is 6.47. The molecule has 4 atom stereocenters. The molecule has 1 aliphatic heterocycles. The van der Waals surface area contributed by atoms with Crippen molar-refractivity contribution in [3.8, 4) is 16.9 Å². The number of ether oxygens (including phenoxy) is 4. The third-order valence-electron chi connectivity index (χ3n) is 7.81. The first kappa shape index (κ1) is 32.3. The number of benzene rings is 4. The van der Waals surface area contributed by atoms with Gasteiger partial charge < -0.3 is 29.4 Å². The van der Waals surface area contributed by atoms with Gasteiger partial charge >= 0.3 is 6.09 Å².